The molecule has 8 heteroatoms. The Kier molecular flexibility index (Phi) is 4.83. The highest BCUT2D eigenvalue weighted by Crippen LogP contribution is 2.27. The molecular formula is C18H15F3N2O3. The van der Waals surface area contributed by atoms with Crippen molar-refractivity contribution in [1.29, 1.82) is 0 Å². The fourth-order valence-electron chi connectivity index (χ4n) is 2.55. The molecule has 3 aromatic rings. The van der Waals surface area contributed by atoms with Gasteiger partial charge in [0.05, 0.1) is 6.42 Å². The van der Waals surface area contributed by atoms with E-state index in [0.717, 1.165) is 5.39 Å². The highest BCUT2D eigenvalue weighted by Gasteiger charge is 2.32. The number of carbonyl (C=O) groups is 1. The third-order valence-electron chi connectivity index (χ3n) is 3.80. The van der Waals surface area contributed by atoms with Crippen LogP contribution in [-0.2, 0) is 17.8 Å². The molecule has 1 aromatic heterocycles. The third kappa shape index (κ3) is 4.14. The topological polar surface area (TPSA) is 55.6 Å². The largest absolute Gasteiger partial charge is 0.573 e. The van der Waals surface area contributed by atoms with Crippen LogP contribution in [0.1, 0.15) is 11.3 Å². The average Bonchev–Trinajstić information content (AvgIpc) is 2.98. The Balaban J connectivity index is 1.72. The van der Waals surface area contributed by atoms with Crippen molar-refractivity contribution in [1.82, 2.24) is 10.1 Å². The highest BCUT2D eigenvalue weighted by atomic mass is 19.4. The van der Waals surface area contributed by atoms with E-state index in [9.17, 15) is 18.0 Å². The van der Waals surface area contributed by atoms with Crippen LogP contribution >= 0.6 is 0 Å². The van der Waals surface area contributed by atoms with Crippen LogP contribution in [0, 0.1) is 0 Å². The number of fused-ring (bicyclic) bond motifs is 1. The van der Waals surface area contributed by atoms with Gasteiger partial charge in [-0.3, -0.25) is 4.79 Å². The second kappa shape index (κ2) is 7.07. The molecule has 0 saturated carbocycles. The second-order valence-corrected chi connectivity index (χ2v) is 5.71. The average molecular weight is 364 g/mol. The molecule has 3 rings (SSSR count). The Bertz CT molecular complexity index is 921. The minimum absolute atomic E-state index is 0.0180. The van der Waals surface area contributed by atoms with Gasteiger partial charge in [0.25, 0.3) is 0 Å². The van der Waals surface area contributed by atoms with Crippen LogP contribution in [0.3, 0.4) is 0 Å². The highest BCUT2D eigenvalue weighted by molar-refractivity contribution is 5.86. The maximum absolute atomic E-state index is 12.5. The molecule has 2 aromatic carbocycles. The SMILES string of the molecule is CN(Cc1ccccc1OC(F)(F)F)C(=O)Cc1noc2ccccc12. The Morgan fingerprint density at radius 3 is 2.62 bits per heavy atom. The molecular weight excluding hydrogens is 349 g/mol. The zero-order valence-electron chi connectivity index (χ0n) is 13.8. The molecule has 0 unspecified atom stereocenters. The number of carbonyl (C=O) groups excluding carboxylic acids is 1. The molecule has 0 radical (unpaired) electrons. The van der Waals surface area contributed by atoms with Gasteiger partial charge in [-0.1, -0.05) is 35.5 Å². The van der Waals surface area contributed by atoms with Crippen molar-refractivity contribution in [3.05, 3.63) is 59.8 Å². The van der Waals surface area contributed by atoms with Gasteiger partial charge in [0.2, 0.25) is 5.91 Å². The molecule has 0 bridgehead atoms. The molecule has 26 heavy (non-hydrogen) atoms. The molecule has 0 atom stereocenters. The van der Waals surface area contributed by atoms with Crippen molar-refractivity contribution < 1.29 is 27.2 Å². The van der Waals surface area contributed by atoms with Crippen molar-refractivity contribution in [3.8, 4) is 5.75 Å². The van der Waals surface area contributed by atoms with Gasteiger partial charge in [0.1, 0.15) is 11.4 Å². The normalized spacial score (nSPS) is 11.5. The van der Waals surface area contributed by atoms with Crippen LogP contribution in [-0.4, -0.2) is 29.4 Å². The predicted octanol–water partition coefficient (Wildman–Crippen LogP) is 3.93. The van der Waals surface area contributed by atoms with E-state index in [2.05, 4.69) is 9.89 Å². The van der Waals surface area contributed by atoms with Crippen LogP contribution in [0.2, 0.25) is 0 Å². The van der Waals surface area contributed by atoms with Crippen LogP contribution in [0.4, 0.5) is 13.2 Å². The monoisotopic (exact) mass is 364 g/mol. The summed E-state index contributed by atoms with van der Waals surface area (Å²) >= 11 is 0. The van der Waals surface area contributed by atoms with E-state index < -0.39 is 6.36 Å². The maximum atomic E-state index is 12.5. The van der Waals surface area contributed by atoms with Gasteiger partial charge in [-0.2, -0.15) is 0 Å². The summed E-state index contributed by atoms with van der Waals surface area (Å²) < 4.78 is 46.7. The number of halogens is 3. The third-order valence-corrected chi connectivity index (χ3v) is 3.80. The summed E-state index contributed by atoms with van der Waals surface area (Å²) in [6.45, 7) is -0.0269. The number of rotatable bonds is 5. The van der Waals surface area contributed by atoms with Gasteiger partial charge in [-0.05, 0) is 18.2 Å². The second-order valence-electron chi connectivity index (χ2n) is 5.71. The van der Waals surface area contributed by atoms with E-state index in [0.29, 0.717) is 11.3 Å². The lowest BCUT2D eigenvalue weighted by Gasteiger charge is -2.19. The predicted molar refractivity (Wildman–Crippen MR) is 87.3 cm³/mol. The molecule has 0 aliphatic carbocycles. The molecule has 0 aliphatic heterocycles. The van der Waals surface area contributed by atoms with Gasteiger partial charge in [0, 0.05) is 24.5 Å². The molecule has 0 spiro atoms. The Morgan fingerprint density at radius 2 is 1.85 bits per heavy atom. The number of nitrogens with zero attached hydrogens (tertiary/aromatic N) is 2. The number of amides is 1. The lowest BCUT2D eigenvalue weighted by Crippen LogP contribution is -2.28. The van der Waals surface area contributed by atoms with Crippen molar-refractivity contribution in [2.75, 3.05) is 7.05 Å². The van der Waals surface area contributed by atoms with Crippen LogP contribution < -0.4 is 4.74 Å². The van der Waals surface area contributed by atoms with Gasteiger partial charge < -0.3 is 14.2 Å². The minimum Gasteiger partial charge on any atom is -0.405 e. The number of hydrogen-bond acceptors (Lipinski definition) is 4. The molecule has 5 nitrogen and oxygen atoms in total. The lowest BCUT2D eigenvalue weighted by atomic mass is 10.1. The van der Waals surface area contributed by atoms with E-state index in [1.807, 2.05) is 6.07 Å². The molecule has 0 N–H and O–H groups in total. The molecule has 1 heterocycles. The summed E-state index contributed by atoms with van der Waals surface area (Å²) in [6, 6.07) is 12.9. The van der Waals surface area contributed by atoms with E-state index in [-0.39, 0.29) is 30.2 Å². The van der Waals surface area contributed by atoms with E-state index >= 15 is 0 Å². The van der Waals surface area contributed by atoms with Crippen molar-refractivity contribution in [3.63, 3.8) is 0 Å². The van der Waals surface area contributed by atoms with Crippen LogP contribution in [0.15, 0.2) is 53.1 Å². The Labute approximate surface area is 146 Å². The number of hydrogen-bond donors (Lipinski definition) is 0. The number of para-hydroxylation sites is 2. The van der Waals surface area contributed by atoms with E-state index in [1.165, 1.54) is 30.1 Å². The molecule has 0 fully saturated rings. The molecule has 1 amide bonds. The number of alkyl halides is 3. The fourth-order valence-corrected chi connectivity index (χ4v) is 2.55. The maximum Gasteiger partial charge on any atom is 0.573 e. The van der Waals surface area contributed by atoms with Gasteiger partial charge >= 0.3 is 6.36 Å². The summed E-state index contributed by atoms with van der Waals surface area (Å²) in [7, 11) is 1.51. The van der Waals surface area contributed by atoms with Crippen LogP contribution in [0.25, 0.3) is 11.0 Å². The van der Waals surface area contributed by atoms with Crippen LogP contribution in [0.5, 0.6) is 5.75 Å². The standard InChI is InChI=1S/C18H15F3N2O3/c1-23(11-12-6-2-4-8-15(12)25-18(19,20)21)17(24)10-14-13-7-3-5-9-16(13)26-22-14/h2-9H,10-11H2,1H3. The quantitative estimate of drug-likeness (QED) is 0.688. The smallest absolute Gasteiger partial charge is 0.405 e. The lowest BCUT2D eigenvalue weighted by molar-refractivity contribution is -0.275. The first kappa shape index (κ1) is 17.8. The Hall–Kier alpha value is -3.03. The first-order valence-corrected chi connectivity index (χ1v) is 7.74. The Morgan fingerprint density at radius 1 is 1.15 bits per heavy atom. The van der Waals surface area contributed by atoms with Crippen molar-refractivity contribution in [2.45, 2.75) is 19.3 Å². The summed E-state index contributed by atoms with van der Waals surface area (Å²) in [5, 5.41) is 4.63. The van der Waals surface area contributed by atoms with Crippen molar-refractivity contribution >= 4 is 16.9 Å². The molecule has 0 aliphatic rings. The number of likely N-dealkylation sites (N-methyl/N-ethyl adjacent to an activating group) is 1. The summed E-state index contributed by atoms with van der Waals surface area (Å²) in [5.41, 5.74) is 1.31. The summed E-state index contributed by atoms with van der Waals surface area (Å²) in [6.07, 6.45) is -4.81. The fraction of sp³-hybridized carbons (Fsp3) is 0.222. The van der Waals surface area contributed by atoms with E-state index in [1.54, 1.807) is 24.3 Å². The zero-order valence-corrected chi connectivity index (χ0v) is 13.8. The first-order valence-electron chi connectivity index (χ1n) is 7.74. The molecule has 0 saturated heterocycles. The van der Waals surface area contributed by atoms with Gasteiger partial charge in [-0.25, -0.2) is 0 Å². The van der Waals surface area contributed by atoms with E-state index in [4.69, 9.17) is 4.52 Å². The molecule has 136 valence electrons. The van der Waals surface area contributed by atoms with Crippen molar-refractivity contribution in [2.24, 2.45) is 0 Å². The first-order chi connectivity index (χ1) is 12.3. The number of ether oxygens (including phenoxy) is 1. The summed E-state index contributed by atoms with van der Waals surface area (Å²) in [4.78, 5) is 13.8. The van der Waals surface area contributed by atoms with Gasteiger partial charge in [0.15, 0.2) is 5.58 Å². The minimum atomic E-state index is -4.79. The van der Waals surface area contributed by atoms with Gasteiger partial charge in [-0.15, -0.1) is 13.2 Å². The number of benzene rings is 2. The number of aromatic nitrogens is 1. The zero-order chi connectivity index (χ0) is 18.7. The summed E-state index contributed by atoms with van der Waals surface area (Å²) in [5.74, 6) is -0.627.